The van der Waals surface area contributed by atoms with E-state index in [1.165, 1.54) is 0 Å². The average molecular weight is 313 g/mol. The third kappa shape index (κ3) is 3.26. The molecule has 0 aliphatic heterocycles. The molecule has 1 aromatic heterocycles. The van der Waals surface area contributed by atoms with Gasteiger partial charge in [-0.05, 0) is 29.8 Å². The van der Waals surface area contributed by atoms with Gasteiger partial charge in [0, 0.05) is 12.7 Å². The van der Waals surface area contributed by atoms with Crippen LogP contribution in [0.25, 0.3) is 0 Å². The first-order valence-corrected chi connectivity index (χ1v) is 6.66. The van der Waals surface area contributed by atoms with E-state index in [-0.39, 0.29) is 0 Å². The van der Waals surface area contributed by atoms with Gasteiger partial charge >= 0.3 is 0 Å². The number of halogens is 2. The maximum absolute atomic E-state index is 6.16. The molecule has 0 aliphatic rings. The van der Waals surface area contributed by atoms with Gasteiger partial charge in [0.1, 0.15) is 0 Å². The SMILES string of the molecule is COc1cc(CNc2cccnc2Cl)cc(Cl)c1OC. The highest BCUT2D eigenvalue weighted by Crippen LogP contribution is 2.36. The van der Waals surface area contributed by atoms with Crippen LogP contribution in [-0.4, -0.2) is 19.2 Å². The molecule has 1 aromatic carbocycles. The molecule has 0 fully saturated rings. The molecule has 106 valence electrons. The molecule has 0 bridgehead atoms. The van der Waals surface area contributed by atoms with E-state index in [0.29, 0.717) is 28.2 Å². The maximum Gasteiger partial charge on any atom is 0.179 e. The monoisotopic (exact) mass is 312 g/mol. The van der Waals surface area contributed by atoms with Crippen LogP contribution in [-0.2, 0) is 6.54 Å². The van der Waals surface area contributed by atoms with Crippen molar-refractivity contribution in [2.45, 2.75) is 6.54 Å². The van der Waals surface area contributed by atoms with Gasteiger partial charge in [-0.2, -0.15) is 0 Å². The zero-order valence-electron chi connectivity index (χ0n) is 11.1. The molecule has 0 radical (unpaired) electrons. The zero-order valence-corrected chi connectivity index (χ0v) is 12.6. The Hall–Kier alpha value is -1.65. The lowest BCUT2D eigenvalue weighted by molar-refractivity contribution is 0.355. The van der Waals surface area contributed by atoms with E-state index < -0.39 is 0 Å². The van der Waals surface area contributed by atoms with Crippen molar-refractivity contribution in [2.75, 3.05) is 19.5 Å². The van der Waals surface area contributed by atoms with Crippen LogP contribution in [0.5, 0.6) is 11.5 Å². The van der Waals surface area contributed by atoms with Gasteiger partial charge in [0.25, 0.3) is 0 Å². The number of ether oxygens (including phenoxy) is 2. The summed E-state index contributed by atoms with van der Waals surface area (Å²) in [5.41, 5.74) is 1.72. The van der Waals surface area contributed by atoms with E-state index in [4.69, 9.17) is 32.7 Å². The number of hydrogen-bond donors (Lipinski definition) is 1. The zero-order chi connectivity index (χ0) is 14.5. The van der Waals surface area contributed by atoms with Crippen LogP contribution in [0.2, 0.25) is 10.2 Å². The molecule has 0 saturated carbocycles. The Balaban J connectivity index is 2.18. The van der Waals surface area contributed by atoms with Gasteiger partial charge in [-0.15, -0.1) is 0 Å². The Morgan fingerprint density at radius 2 is 2.00 bits per heavy atom. The molecule has 2 aromatic rings. The van der Waals surface area contributed by atoms with Crippen LogP contribution >= 0.6 is 23.2 Å². The molecule has 0 atom stereocenters. The predicted octanol–water partition coefficient (Wildman–Crippen LogP) is 4.02. The summed E-state index contributed by atoms with van der Waals surface area (Å²) in [5.74, 6) is 1.12. The van der Waals surface area contributed by atoms with Gasteiger partial charge in [-0.1, -0.05) is 23.2 Å². The number of hydrogen-bond acceptors (Lipinski definition) is 4. The molecule has 1 heterocycles. The first-order valence-electron chi connectivity index (χ1n) is 5.90. The summed E-state index contributed by atoms with van der Waals surface area (Å²) < 4.78 is 10.5. The van der Waals surface area contributed by atoms with E-state index in [1.807, 2.05) is 24.3 Å². The summed E-state index contributed by atoms with van der Waals surface area (Å²) in [6, 6.07) is 7.36. The highest BCUT2D eigenvalue weighted by Gasteiger charge is 2.11. The fourth-order valence-electron chi connectivity index (χ4n) is 1.79. The van der Waals surface area contributed by atoms with Crippen molar-refractivity contribution < 1.29 is 9.47 Å². The molecule has 1 N–H and O–H groups in total. The normalized spacial score (nSPS) is 10.2. The summed E-state index contributed by atoms with van der Waals surface area (Å²) in [6.45, 7) is 0.547. The number of pyridine rings is 1. The summed E-state index contributed by atoms with van der Waals surface area (Å²) in [7, 11) is 3.13. The highest BCUT2D eigenvalue weighted by atomic mass is 35.5. The second-order valence-corrected chi connectivity index (χ2v) is 4.77. The van der Waals surface area contributed by atoms with Crippen LogP contribution in [0, 0.1) is 0 Å². The van der Waals surface area contributed by atoms with E-state index in [0.717, 1.165) is 11.3 Å². The minimum Gasteiger partial charge on any atom is -0.493 e. The first-order chi connectivity index (χ1) is 9.65. The fourth-order valence-corrected chi connectivity index (χ4v) is 2.29. The Kier molecular flexibility index (Phi) is 4.93. The van der Waals surface area contributed by atoms with E-state index in [1.54, 1.807) is 20.4 Å². The van der Waals surface area contributed by atoms with Gasteiger partial charge in [0.05, 0.1) is 24.9 Å². The molecule has 20 heavy (non-hydrogen) atoms. The predicted molar refractivity (Wildman–Crippen MR) is 81.1 cm³/mol. The van der Waals surface area contributed by atoms with Crippen molar-refractivity contribution in [2.24, 2.45) is 0 Å². The summed E-state index contributed by atoms with van der Waals surface area (Å²) in [6.07, 6.45) is 1.64. The molecule has 0 unspecified atom stereocenters. The molecule has 0 spiro atoms. The minimum absolute atomic E-state index is 0.430. The highest BCUT2D eigenvalue weighted by molar-refractivity contribution is 6.32. The van der Waals surface area contributed by atoms with Crippen LogP contribution in [0.1, 0.15) is 5.56 Å². The Morgan fingerprint density at radius 3 is 2.65 bits per heavy atom. The molecule has 2 rings (SSSR count). The van der Waals surface area contributed by atoms with E-state index >= 15 is 0 Å². The van der Waals surface area contributed by atoms with Gasteiger partial charge in [0.15, 0.2) is 16.7 Å². The lowest BCUT2D eigenvalue weighted by atomic mass is 10.2. The summed E-state index contributed by atoms with van der Waals surface area (Å²) in [5, 5.41) is 4.13. The second-order valence-electron chi connectivity index (χ2n) is 4.01. The number of benzene rings is 1. The molecule has 6 heteroatoms. The topological polar surface area (TPSA) is 43.4 Å². The number of aromatic nitrogens is 1. The van der Waals surface area contributed by atoms with Crippen LogP contribution in [0.3, 0.4) is 0 Å². The number of rotatable bonds is 5. The van der Waals surface area contributed by atoms with Crippen molar-refractivity contribution in [3.05, 3.63) is 46.2 Å². The smallest absolute Gasteiger partial charge is 0.179 e. The molecular weight excluding hydrogens is 299 g/mol. The molecule has 0 aliphatic carbocycles. The third-order valence-corrected chi connectivity index (χ3v) is 3.32. The van der Waals surface area contributed by atoms with Crippen LogP contribution < -0.4 is 14.8 Å². The second kappa shape index (κ2) is 6.68. The number of anilines is 1. The molecule has 0 saturated heterocycles. The Bertz CT molecular complexity index is 606. The van der Waals surface area contributed by atoms with Crippen molar-refractivity contribution in [3.8, 4) is 11.5 Å². The van der Waals surface area contributed by atoms with Gasteiger partial charge in [0.2, 0.25) is 0 Å². The Morgan fingerprint density at radius 1 is 1.20 bits per heavy atom. The first kappa shape index (κ1) is 14.8. The van der Waals surface area contributed by atoms with Crippen molar-refractivity contribution in [3.63, 3.8) is 0 Å². The van der Waals surface area contributed by atoms with E-state index in [2.05, 4.69) is 10.3 Å². The largest absolute Gasteiger partial charge is 0.493 e. The lowest BCUT2D eigenvalue weighted by Gasteiger charge is -2.13. The van der Waals surface area contributed by atoms with Crippen LogP contribution in [0.15, 0.2) is 30.5 Å². The van der Waals surface area contributed by atoms with E-state index in [9.17, 15) is 0 Å². The lowest BCUT2D eigenvalue weighted by Crippen LogP contribution is -2.02. The van der Waals surface area contributed by atoms with Crippen molar-refractivity contribution in [1.29, 1.82) is 0 Å². The van der Waals surface area contributed by atoms with Gasteiger partial charge in [-0.25, -0.2) is 4.98 Å². The Labute approximate surface area is 127 Å². The summed E-state index contributed by atoms with van der Waals surface area (Å²) >= 11 is 12.1. The molecule has 4 nitrogen and oxygen atoms in total. The maximum atomic E-state index is 6.16. The number of nitrogens with one attached hydrogen (secondary N) is 1. The van der Waals surface area contributed by atoms with Crippen molar-refractivity contribution >= 4 is 28.9 Å². The summed E-state index contributed by atoms with van der Waals surface area (Å²) in [4.78, 5) is 4.00. The average Bonchev–Trinajstić information content (AvgIpc) is 2.45. The standard InChI is InChI=1S/C14H14Cl2N2O2/c1-19-12-7-9(6-10(15)13(12)20-2)8-18-11-4-3-5-17-14(11)16/h3-7,18H,8H2,1-2H3. The number of nitrogens with zero attached hydrogens (tertiary/aromatic N) is 1. The third-order valence-electron chi connectivity index (χ3n) is 2.74. The van der Waals surface area contributed by atoms with Crippen molar-refractivity contribution in [1.82, 2.24) is 4.98 Å². The minimum atomic E-state index is 0.430. The van der Waals surface area contributed by atoms with Crippen LogP contribution in [0.4, 0.5) is 5.69 Å². The van der Waals surface area contributed by atoms with Gasteiger partial charge < -0.3 is 14.8 Å². The molecule has 0 amide bonds. The fraction of sp³-hybridized carbons (Fsp3) is 0.214. The quantitative estimate of drug-likeness (QED) is 0.847. The molecular formula is C14H14Cl2N2O2. The van der Waals surface area contributed by atoms with Gasteiger partial charge in [-0.3, -0.25) is 0 Å². The number of methoxy groups -OCH3 is 2.